The average Bonchev–Trinajstić information content (AvgIpc) is 3.10. The van der Waals surface area contributed by atoms with Gasteiger partial charge in [-0.2, -0.15) is 0 Å². The summed E-state index contributed by atoms with van der Waals surface area (Å²) < 4.78 is 15.8. The maximum atomic E-state index is 12.3. The predicted molar refractivity (Wildman–Crippen MR) is 89.5 cm³/mol. The summed E-state index contributed by atoms with van der Waals surface area (Å²) in [5, 5.41) is 7.86. The predicted octanol–water partition coefficient (Wildman–Crippen LogP) is 3.69. The highest BCUT2D eigenvalue weighted by Gasteiger charge is 2.15. The van der Waals surface area contributed by atoms with E-state index >= 15 is 0 Å². The first-order chi connectivity index (χ1) is 11.7. The molecule has 6 nitrogen and oxygen atoms in total. The molecular weight excluding hydrogens is 328 g/mol. The minimum absolute atomic E-state index is 0.181. The van der Waals surface area contributed by atoms with Crippen molar-refractivity contribution >= 4 is 16.9 Å². The lowest BCUT2D eigenvalue weighted by atomic mass is 10.2. The van der Waals surface area contributed by atoms with Crippen molar-refractivity contribution < 1.29 is 18.7 Å². The number of benzene rings is 2. The van der Waals surface area contributed by atoms with Crippen LogP contribution in [0.25, 0.3) is 11.5 Å². The molecule has 0 amide bonds. The van der Waals surface area contributed by atoms with Crippen LogP contribution in [0.5, 0.6) is 11.5 Å². The molecule has 1 aromatic heterocycles. The first kappa shape index (κ1) is 16.1. The summed E-state index contributed by atoms with van der Waals surface area (Å²) >= 11 is 0.875. The number of carbonyl (C=O) groups excluding carboxylic acids is 1. The Morgan fingerprint density at radius 2 is 1.71 bits per heavy atom. The van der Waals surface area contributed by atoms with E-state index in [1.807, 2.05) is 18.2 Å². The van der Waals surface area contributed by atoms with Crippen molar-refractivity contribution in [3.05, 3.63) is 54.1 Å². The molecule has 0 aliphatic rings. The summed E-state index contributed by atoms with van der Waals surface area (Å²) in [7, 11) is 3.14. The van der Waals surface area contributed by atoms with Crippen LogP contribution in [0.1, 0.15) is 10.4 Å². The van der Waals surface area contributed by atoms with Gasteiger partial charge in [0, 0.05) is 22.9 Å². The number of ether oxygens (including phenoxy) is 2. The Kier molecular flexibility index (Phi) is 4.81. The topological polar surface area (TPSA) is 74.5 Å². The normalized spacial score (nSPS) is 10.4. The highest BCUT2D eigenvalue weighted by atomic mass is 32.2. The summed E-state index contributed by atoms with van der Waals surface area (Å²) in [5.74, 6) is 1.63. The Bertz CT molecular complexity index is 863. The van der Waals surface area contributed by atoms with Gasteiger partial charge in [0.2, 0.25) is 11.0 Å². The zero-order valence-electron chi connectivity index (χ0n) is 13.1. The number of aromatic nitrogens is 2. The van der Waals surface area contributed by atoms with Crippen molar-refractivity contribution in [2.24, 2.45) is 0 Å². The van der Waals surface area contributed by atoms with Gasteiger partial charge in [-0.3, -0.25) is 4.79 Å². The Balaban J connectivity index is 1.77. The average molecular weight is 342 g/mol. The van der Waals surface area contributed by atoms with Crippen LogP contribution < -0.4 is 9.47 Å². The Morgan fingerprint density at radius 1 is 1.00 bits per heavy atom. The van der Waals surface area contributed by atoms with E-state index in [1.54, 1.807) is 44.6 Å². The molecule has 24 heavy (non-hydrogen) atoms. The van der Waals surface area contributed by atoms with E-state index in [4.69, 9.17) is 13.9 Å². The molecule has 122 valence electrons. The van der Waals surface area contributed by atoms with Gasteiger partial charge in [0.15, 0.2) is 0 Å². The SMILES string of the molecule is COc1cccc(C(=O)Sc2nnc(-c3cccc(OC)c3)o2)c1. The zero-order chi connectivity index (χ0) is 16.9. The van der Waals surface area contributed by atoms with Crippen LogP contribution in [0.3, 0.4) is 0 Å². The van der Waals surface area contributed by atoms with Crippen LogP contribution in [-0.2, 0) is 0 Å². The van der Waals surface area contributed by atoms with E-state index in [1.165, 1.54) is 0 Å². The molecule has 0 unspecified atom stereocenters. The maximum absolute atomic E-state index is 12.3. The third-order valence-corrected chi connectivity index (χ3v) is 3.97. The monoisotopic (exact) mass is 342 g/mol. The zero-order valence-corrected chi connectivity index (χ0v) is 13.9. The van der Waals surface area contributed by atoms with Crippen molar-refractivity contribution in [3.63, 3.8) is 0 Å². The van der Waals surface area contributed by atoms with E-state index in [-0.39, 0.29) is 10.3 Å². The molecule has 3 rings (SSSR count). The van der Waals surface area contributed by atoms with E-state index in [9.17, 15) is 4.79 Å². The summed E-state index contributed by atoms with van der Waals surface area (Å²) in [4.78, 5) is 12.3. The lowest BCUT2D eigenvalue weighted by Crippen LogP contribution is -1.94. The van der Waals surface area contributed by atoms with E-state index in [0.717, 1.165) is 17.3 Å². The molecule has 0 bridgehead atoms. The third-order valence-electron chi connectivity index (χ3n) is 3.21. The van der Waals surface area contributed by atoms with Crippen LogP contribution in [0.4, 0.5) is 0 Å². The van der Waals surface area contributed by atoms with Gasteiger partial charge < -0.3 is 13.9 Å². The maximum Gasteiger partial charge on any atom is 0.284 e. The van der Waals surface area contributed by atoms with E-state index in [0.29, 0.717) is 23.0 Å². The van der Waals surface area contributed by atoms with Crippen molar-refractivity contribution in [1.82, 2.24) is 10.2 Å². The quantitative estimate of drug-likeness (QED) is 0.655. The number of hydrogen-bond donors (Lipinski definition) is 0. The summed E-state index contributed by atoms with van der Waals surface area (Å²) in [6.07, 6.45) is 0. The fourth-order valence-electron chi connectivity index (χ4n) is 2.01. The first-order valence-corrected chi connectivity index (χ1v) is 7.85. The molecule has 0 aliphatic carbocycles. The van der Waals surface area contributed by atoms with Gasteiger partial charge in [0.25, 0.3) is 5.22 Å². The lowest BCUT2D eigenvalue weighted by Gasteiger charge is -2.01. The van der Waals surface area contributed by atoms with Crippen LogP contribution in [-0.4, -0.2) is 29.5 Å². The molecule has 0 saturated carbocycles. The Labute approximate surface area is 142 Å². The molecule has 7 heteroatoms. The van der Waals surface area contributed by atoms with Gasteiger partial charge in [0.1, 0.15) is 11.5 Å². The van der Waals surface area contributed by atoms with E-state index < -0.39 is 0 Å². The largest absolute Gasteiger partial charge is 0.497 e. The fourth-order valence-corrected chi connectivity index (χ4v) is 2.62. The van der Waals surface area contributed by atoms with Crippen molar-refractivity contribution in [3.8, 4) is 23.0 Å². The number of rotatable bonds is 5. The van der Waals surface area contributed by atoms with Crippen LogP contribution in [0.15, 0.2) is 58.2 Å². The third kappa shape index (κ3) is 3.57. The lowest BCUT2D eigenvalue weighted by molar-refractivity contribution is 0.108. The molecular formula is C17H14N2O4S. The number of carbonyl (C=O) groups is 1. The second kappa shape index (κ2) is 7.18. The molecule has 0 atom stereocenters. The van der Waals surface area contributed by atoms with Crippen molar-refractivity contribution in [2.45, 2.75) is 5.22 Å². The number of thioether (sulfide) groups is 1. The van der Waals surface area contributed by atoms with Crippen molar-refractivity contribution in [1.29, 1.82) is 0 Å². The minimum Gasteiger partial charge on any atom is -0.497 e. The molecule has 0 N–H and O–H groups in total. The van der Waals surface area contributed by atoms with Gasteiger partial charge in [-0.25, -0.2) is 0 Å². The molecule has 0 radical (unpaired) electrons. The molecule has 0 fully saturated rings. The highest BCUT2D eigenvalue weighted by Crippen LogP contribution is 2.28. The number of hydrogen-bond acceptors (Lipinski definition) is 7. The molecule has 3 aromatic rings. The van der Waals surface area contributed by atoms with Gasteiger partial charge in [-0.15, -0.1) is 10.2 Å². The Morgan fingerprint density at radius 3 is 2.46 bits per heavy atom. The van der Waals surface area contributed by atoms with E-state index in [2.05, 4.69) is 10.2 Å². The standard InChI is InChI=1S/C17H14N2O4S/c1-21-13-7-3-5-11(9-13)15-18-19-17(23-15)24-16(20)12-6-4-8-14(10-12)22-2/h3-10H,1-2H3. The van der Waals surface area contributed by atoms with Crippen LogP contribution >= 0.6 is 11.8 Å². The summed E-state index contributed by atoms with van der Waals surface area (Å²) in [6, 6.07) is 14.2. The fraction of sp³-hybridized carbons (Fsp3) is 0.118. The van der Waals surface area contributed by atoms with Gasteiger partial charge in [-0.1, -0.05) is 18.2 Å². The van der Waals surface area contributed by atoms with Crippen molar-refractivity contribution in [2.75, 3.05) is 14.2 Å². The number of methoxy groups -OCH3 is 2. The minimum atomic E-state index is -0.199. The Hall–Kier alpha value is -2.80. The number of nitrogens with zero attached hydrogens (tertiary/aromatic N) is 2. The molecule has 2 aromatic carbocycles. The molecule has 0 spiro atoms. The summed E-state index contributed by atoms with van der Waals surface area (Å²) in [5.41, 5.74) is 1.23. The molecule has 0 aliphatic heterocycles. The smallest absolute Gasteiger partial charge is 0.284 e. The summed E-state index contributed by atoms with van der Waals surface area (Å²) in [6.45, 7) is 0. The van der Waals surface area contributed by atoms with Crippen LogP contribution in [0, 0.1) is 0 Å². The first-order valence-electron chi connectivity index (χ1n) is 7.04. The molecule has 1 heterocycles. The van der Waals surface area contributed by atoms with Crippen LogP contribution in [0.2, 0.25) is 0 Å². The van der Waals surface area contributed by atoms with Gasteiger partial charge >= 0.3 is 0 Å². The molecule has 0 saturated heterocycles. The van der Waals surface area contributed by atoms with Gasteiger partial charge in [-0.05, 0) is 30.3 Å². The second-order valence-electron chi connectivity index (χ2n) is 4.73. The second-order valence-corrected chi connectivity index (χ2v) is 5.65. The van der Waals surface area contributed by atoms with Gasteiger partial charge in [0.05, 0.1) is 14.2 Å². The highest BCUT2D eigenvalue weighted by molar-refractivity contribution is 8.14.